The zero-order valence-electron chi connectivity index (χ0n) is 14.0. The van der Waals surface area contributed by atoms with E-state index in [0.29, 0.717) is 16.1 Å². The van der Waals surface area contributed by atoms with Gasteiger partial charge in [0.15, 0.2) is 0 Å². The summed E-state index contributed by atoms with van der Waals surface area (Å²) in [6.45, 7) is 0.168. The predicted octanol–water partition coefficient (Wildman–Crippen LogP) is 3.04. The Morgan fingerprint density at radius 2 is 2.22 bits per heavy atom. The van der Waals surface area contributed by atoms with Gasteiger partial charge in [-0.3, -0.25) is 9.59 Å². The largest absolute Gasteiger partial charge is 0.306 e. The van der Waals surface area contributed by atoms with Crippen molar-refractivity contribution in [2.24, 2.45) is 0 Å². The van der Waals surface area contributed by atoms with Crippen molar-refractivity contribution in [3.05, 3.63) is 52.2 Å². The number of anilines is 2. The van der Waals surface area contributed by atoms with Gasteiger partial charge < -0.3 is 5.32 Å². The van der Waals surface area contributed by atoms with Gasteiger partial charge in [0.05, 0.1) is 28.2 Å². The number of hydrogen-bond donors (Lipinski definition) is 2. The van der Waals surface area contributed by atoms with Crippen molar-refractivity contribution in [3.63, 3.8) is 0 Å². The molecule has 0 saturated carbocycles. The molecular formula is C17H13ClFN5O2S. The summed E-state index contributed by atoms with van der Waals surface area (Å²) in [5.74, 6) is -1.36. The summed E-state index contributed by atoms with van der Waals surface area (Å²) in [6, 6.07) is 5.73. The molecule has 138 valence electrons. The van der Waals surface area contributed by atoms with E-state index in [0.717, 1.165) is 10.8 Å². The highest BCUT2D eigenvalue weighted by Gasteiger charge is 2.27. The number of carbonyl (C=O) groups excluding carboxylic acids is 2. The lowest BCUT2D eigenvalue weighted by Crippen LogP contribution is -2.38. The van der Waals surface area contributed by atoms with Gasteiger partial charge >= 0.3 is 0 Å². The number of fused-ring (bicyclic) bond motifs is 1. The van der Waals surface area contributed by atoms with Crippen LogP contribution in [0.1, 0.15) is 10.4 Å². The van der Waals surface area contributed by atoms with E-state index in [1.165, 1.54) is 28.5 Å². The molecule has 1 aliphatic rings. The van der Waals surface area contributed by atoms with E-state index in [2.05, 4.69) is 15.8 Å². The third-order valence-corrected chi connectivity index (χ3v) is 5.40. The van der Waals surface area contributed by atoms with E-state index in [-0.39, 0.29) is 23.8 Å². The zero-order chi connectivity index (χ0) is 19.1. The SMILES string of the molecule is CN1CC(=O)N(c2ccc(C(=O)Nc3nccc4scc(Cl)c34)c(F)c2)N1. The van der Waals surface area contributed by atoms with Crippen LogP contribution in [0.2, 0.25) is 5.02 Å². The number of thiophene rings is 1. The van der Waals surface area contributed by atoms with Crippen LogP contribution < -0.4 is 15.9 Å². The van der Waals surface area contributed by atoms with E-state index in [1.54, 1.807) is 29.7 Å². The summed E-state index contributed by atoms with van der Waals surface area (Å²) in [6.07, 6.45) is 1.55. The minimum Gasteiger partial charge on any atom is -0.306 e. The average Bonchev–Trinajstić information content (AvgIpc) is 3.17. The Morgan fingerprint density at radius 3 is 2.93 bits per heavy atom. The zero-order valence-corrected chi connectivity index (χ0v) is 15.6. The number of likely N-dealkylation sites (N-methyl/N-ethyl adjacent to an activating group) is 1. The number of hydrogen-bond acceptors (Lipinski definition) is 6. The monoisotopic (exact) mass is 405 g/mol. The van der Waals surface area contributed by atoms with Gasteiger partial charge in [-0.15, -0.1) is 11.3 Å². The lowest BCUT2D eigenvalue weighted by atomic mass is 10.1. The Balaban J connectivity index is 1.61. The second kappa shape index (κ2) is 6.86. The Labute approximate surface area is 162 Å². The van der Waals surface area contributed by atoms with Crippen molar-refractivity contribution in [1.29, 1.82) is 0 Å². The molecular weight excluding hydrogens is 393 g/mol. The predicted molar refractivity (Wildman–Crippen MR) is 102 cm³/mol. The molecule has 3 heterocycles. The number of benzene rings is 1. The molecule has 1 saturated heterocycles. The van der Waals surface area contributed by atoms with Gasteiger partial charge in [0.25, 0.3) is 11.8 Å². The summed E-state index contributed by atoms with van der Waals surface area (Å²) >= 11 is 7.58. The van der Waals surface area contributed by atoms with E-state index in [4.69, 9.17) is 11.6 Å². The molecule has 2 aromatic heterocycles. The number of halogens is 2. The van der Waals surface area contributed by atoms with Crippen molar-refractivity contribution >= 4 is 56.3 Å². The lowest BCUT2D eigenvalue weighted by Gasteiger charge is -2.17. The molecule has 0 aliphatic carbocycles. The molecule has 0 atom stereocenters. The standard InChI is InChI=1S/C17H13ClFN5O2S/c1-23-7-14(25)24(22-23)9-2-3-10(12(19)6-9)17(26)21-16-15-11(18)8-27-13(15)4-5-20-16/h2-6,8,22H,7H2,1H3,(H,20,21,26). The number of amides is 2. The number of hydrazine groups is 2. The van der Waals surface area contributed by atoms with Crippen LogP contribution in [-0.4, -0.2) is 35.4 Å². The molecule has 27 heavy (non-hydrogen) atoms. The molecule has 0 bridgehead atoms. The van der Waals surface area contributed by atoms with Crippen molar-refractivity contribution in [2.45, 2.75) is 0 Å². The maximum Gasteiger partial charge on any atom is 0.259 e. The van der Waals surface area contributed by atoms with Crippen LogP contribution in [-0.2, 0) is 4.79 Å². The minimum atomic E-state index is -0.752. The molecule has 0 spiro atoms. The maximum atomic E-state index is 14.5. The molecule has 3 aromatic rings. The normalized spacial score (nSPS) is 14.9. The Hall–Kier alpha value is -2.59. The van der Waals surface area contributed by atoms with Crippen molar-refractivity contribution in [2.75, 3.05) is 23.9 Å². The second-order valence-corrected chi connectivity index (χ2v) is 7.24. The number of pyridine rings is 1. The smallest absolute Gasteiger partial charge is 0.259 e. The first-order valence-electron chi connectivity index (χ1n) is 7.87. The molecule has 2 amide bonds. The molecule has 1 fully saturated rings. The fraction of sp³-hybridized carbons (Fsp3) is 0.118. The van der Waals surface area contributed by atoms with Crippen molar-refractivity contribution < 1.29 is 14.0 Å². The number of carbonyl (C=O) groups is 2. The summed E-state index contributed by atoms with van der Waals surface area (Å²) in [5.41, 5.74) is 2.93. The van der Waals surface area contributed by atoms with Crippen LogP contribution in [0.25, 0.3) is 10.1 Å². The Bertz CT molecular complexity index is 1070. The van der Waals surface area contributed by atoms with E-state index >= 15 is 0 Å². The highest BCUT2D eigenvalue weighted by Crippen LogP contribution is 2.34. The van der Waals surface area contributed by atoms with E-state index in [9.17, 15) is 14.0 Å². The second-order valence-electron chi connectivity index (χ2n) is 5.92. The topological polar surface area (TPSA) is 77.6 Å². The third kappa shape index (κ3) is 3.26. The fourth-order valence-electron chi connectivity index (χ4n) is 2.78. The number of rotatable bonds is 3. The van der Waals surface area contributed by atoms with Gasteiger partial charge in [-0.2, -0.15) is 5.53 Å². The van der Waals surface area contributed by atoms with Gasteiger partial charge in [0.2, 0.25) is 0 Å². The van der Waals surface area contributed by atoms with Crippen molar-refractivity contribution in [3.8, 4) is 0 Å². The number of nitrogens with zero attached hydrogens (tertiary/aromatic N) is 3. The van der Waals surface area contributed by atoms with Crippen LogP contribution in [0.15, 0.2) is 35.8 Å². The summed E-state index contributed by atoms with van der Waals surface area (Å²) in [5, 5.41) is 8.22. The Kier molecular flexibility index (Phi) is 4.52. The molecule has 10 heteroatoms. The first-order chi connectivity index (χ1) is 12.9. The molecule has 2 N–H and O–H groups in total. The third-order valence-electron chi connectivity index (χ3n) is 4.02. The minimum absolute atomic E-state index is 0.163. The molecule has 4 rings (SSSR count). The molecule has 0 radical (unpaired) electrons. The lowest BCUT2D eigenvalue weighted by molar-refractivity contribution is -0.116. The first-order valence-corrected chi connectivity index (χ1v) is 9.13. The number of aromatic nitrogens is 1. The van der Waals surface area contributed by atoms with Crippen LogP contribution in [0.3, 0.4) is 0 Å². The molecule has 7 nitrogen and oxygen atoms in total. The van der Waals surface area contributed by atoms with Crippen LogP contribution in [0.4, 0.5) is 15.9 Å². The molecule has 1 aliphatic heterocycles. The summed E-state index contributed by atoms with van der Waals surface area (Å²) in [4.78, 5) is 28.5. The molecule has 1 aromatic carbocycles. The summed E-state index contributed by atoms with van der Waals surface area (Å²) < 4.78 is 15.4. The quantitative estimate of drug-likeness (QED) is 0.700. The van der Waals surface area contributed by atoms with Gasteiger partial charge in [0, 0.05) is 23.3 Å². The van der Waals surface area contributed by atoms with E-state index in [1.807, 2.05) is 0 Å². The van der Waals surface area contributed by atoms with Gasteiger partial charge in [-0.1, -0.05) is 11.6 Å². The van der Waals surface area contributed by atoms with Crippen LogP contribution in [0, 0.1) is 5.82 Å². The van der Waals surface area contributed by atoms with Gasteiger partial charge in [-0.05, 0) is 24.3 Å². The first kappa shape index (κ1) is 17.8. The van der Waals surface area contributed by atoms with Crippen molar-refractivity contribution in [1.82, 2.24) is 15.5 Å². The maximum absolute atomic E-state index is 14.5. The fourth-order valence-corrected chi connectivity index (χ4v) is 3.97. The molecule has 0 unspecified atom stereocenters. The Morgan fingerprint density at radius 1 is 1.41 bits per heavy atom. The van der Waals surface area contributed by atoms with Crippen LogP contribution in [0.5, 0.6) is 0 Å². The van der Waals surface area contributed by atoms with Gasteiger partial charge in [0.1, 0.15) is 11.6 Å². The van der Waals surface area contributed by atoms with Crippen LogP contribution >= 0.6 is 22.9 Å². The highest BCUT2D eigenvalue weighted by atomic mass is 35.5. The van der Waals surface area contributed by atoms with Gasteiger partial charge in [-0.25, -0.2) is 19.4 Å². The highest BCUT2D eigenvalue weighted by molar-refractivity contribution is 7.18. The van der Waals surface area contributed by atoms with E-state index < -0.39 is 11.7 Å². The average molecular weight is 406 g/mol. The number of nitrogens with one attached hydrogen (secondary N) is 2. The summed E-state index contributed by atoms with van der Waals surface area (Å²) in [7, 11) is 1.69.